The Morgan fingerprint density at radius 1 is 1.45 bits per heavy atom. The van der Waals surface area contributed by atoms with E-state index in [1.54, 1.807) is 0 Å². The standard InChI is InChI=1S/C6H7BrFN3/c7-4-1-3(8)2-5(11-10)6(4)9/h1-2,11H,9-10H2. The maximum absolute atomic E-state index is 12.6. The van der Waals surface area contributed by atoms with Crippen LogP contribution in [0.4, 0.5) is 15.8 Å². The minimum atomic E-state index is -0.390. The van der Waals surface area contributed by atoms with Crippen LogP contribution in [0.15, 0.2) is 16.6 Å². The minimum Gasteiger partial charge on any atom is -0.396 e. The summed E-state index contributed by atoms with van der Waals surface area (Å²) in [6, 6.07) is 2.50. The maximum Gasteiger partial charge on any atom is 0.126 e. The Morgan fingerprint density at radius 2 is 2.09 bits per heavy atom. The topological polar surface area (TPSA) is 64.1 Å². The monoisotopic (exact) mass is 219 g/mol. The van der Waals surface area contributed by atoms with Crippen LogP contribution >= 0.6 is 15.9 Å². The van der Waals surface area contributed by atoms with E-state index in [-0.39, 0.29) is 5.82 Å². The Hall–Kier alpha value is -0.810. The highest BCUT2D eigenvalue weighted by Crippen LogP contribution is 2.27. The van der Waals surface area contributed by atoms with Crippen molar-refractivity contribution in [3.63, 3.8) is 0 Å². The van der Waals surface area contributed by atoms with E-state index < -0.39 is 0 Å². The van der Waals surface area contributed by atoms with Gasteiger partial charge in [-0.15, -0.1) is 0 Å². The normalized spacial score (nSPS) is 9.73. The number of nitrogens with one attached hydrogen (secondary N) is 1. The fourth-order valence-electron chi connectivity index (χ4n) is 0.704. The number of benzene rings is 1. The second-order valence-electron chi connectivity index (χ2n) is 1.99. The van der Waals surface area contributed by atoms with Crippen LogP contribution in [0.3, 0.4) is 0 Å². The fourth-order valence-corrected chi connectivity index (χ4v) is 1.14. The third-order valence-corrected chi connectivity index (χ3v) is 1.91. The number of hydrogen-bond acceptors (Lipinski definition) is 3. The Labute approximate surface area is 71.7 Å². The SMILES string of the molecule is NNc1cc(F)cc(Br)c1N. The van der Waals surface area contributed by atoms with Crippen LogP contribution in [0.25, 0.3) is 0 Å². The Morgan fingerprint density at radius 3 is 2.64 bits per heavy atom. The predicted octanol–water partition coefficient (Wildman–Crippen LogP) is 1.46. The molecule has 0 unspecified atom stereocenters. The molecule has 0 aliphatic heterocycles. The van der Waals surface area contributed by atoms with Gasteiger partial charge in [-0.1, -0.05) is 0 Å². The van der Waals surface area contributed by atoms with E-state index in [4.69, 9.17) is 11.6 Å². The van der Waals surface area contributed by atoms with E-state index in [2.05, 4.69) is 21.4 Å². The number of hydrogen-bond donors (Lipinski definition) is 3. The van der Waals surface area contributed by atoms with Crippen LogP contribution in [0.2, 0.25) is 0 Å². The van der Waals surface area contributed by atoms with Gasteiger partial charge in [0.1, 0.15) is 5.82 Å². The van der Waals surface area contributed by atoms with Gasteiger partial charge in [0, 0.05) is 10.5 Å². The molecule has 1 aromatic carbocycles. The molecule has 0 heterocycles. The van der Waals surface area contributed by atoms with Gasteiger partial charge in [-0.25, -0.2) is 4.39 Å². The lowest BCUT2D eigenvalue weighted by Crippen LogP contribution is -2.09. The third kappa shape index (κ3) is 1.61. The largest absolute Gasteiger partial charge is 0.396 e. The van der Waals surface area contributed by atoms with Crippen LogP contribution in [-0.2, 0) is 0 Å². The van der Waals surface area contributed by atoms with Gasteiger partial charge in [-0.3, -0.25) is 5.84 Å². The number of hydrazine groups is 1. The zero-order valence-corrected chi connectivity index (χ0v) is 7.15. The number of halogens is 2. The zero-order valence-electron chi connectivity index (χ0n) is 5.57. The molecule has 0 amide bonds. The van der Waals surface area contributed by atoms with Crippen LogP contribution in [0, 0.1) is 5.82 Å². The lowest BCUT2D eigenvalue weighted by Gasteiger charge is -2.05. The smallest absolute Gasteiger partial charge is 0.126 e. The third-order valence-electron chi connectivity index (χ3n) is 1.25. The lowest BCUT2D eigenvalue weighted by atomic mass is 10.3. The number of nitrogen functional groups attached to an aromatic ring is 2. The molecule has 1 aromatic rings. The average Bonchev–Trinajstić information content (AvgIpc) is 1.96. The summed E-state index contributed by atoms with van der Waals surface area (Å²) in [5, 5.41) is 0. The molecule has 0 saturated carbocycles. The molecule has 0 bridgehead atoms. The summed E-state index contributed by atoms with van der Waals surface area (Å²) >= 11 is 3.08. The first-order valence-electron chi connectivity index (χ1n) is 2.86. The minimum absolute atomic E-state index is 0.372. The van der Waals surface area contributed by atoms with Gasteiger partial charge < -0.3 is 11.2 Å². The highest BCUT2D eigenvalue weighted by Gasteiger charge is 2.03. The predicted molar refractivity (Wildman–Crippen MR) is 46.3 cm³/mol. The molecule has 1 rings (SSSR count). The molecule has 5 N–H and O–H groups in total. The molecule has 0 aromatic heterocycles. The van der Waals surface area contributed by atoms with Gasteiger partial charge in [-0.05, 0) is 22.0 Å². The van der Waals surface area contributed by atoms with Crippen LogP contribution in [-0.4, -0.2) is 0 Å². The second-order valence-corrected chi connectivity index (χ2v) is 2.85. The summed E-state index contributed by atoms with van der Waals surface area (Å²) in [5.74, 6) is 4.68. The van der Waals surface area contributed by atoms with Gasteiger partial charge in [0.15, 0.2) is 0 Å². The molecule has 0 fully saturated rings. The van der Waals surface area contributed by atoms with Crippen molar-refractivity contribution in [2.24, 2.45) is 5.84 Å². The van der Waals surface area contributed by atoms with E-state index in [9.17, 15) is 4.39 Å². The van der Waals surface area contributed by atoms with E-state index in [1.165, 1.54) is 12.1 Å². The number of rotatable bonds is 1. The fraction of sp³-hybridized carbons (Fsp3) is 0. The second kappa shape index (κ2) is 3.06. The Kier molecular flexibility index (Phi) is 2.31. The lowest BCUT2D eigenvalue weighted by molar-refractivity contribution is 0.627. The highest BCUT2D eigenvalue weighted by molar-refractivity contribution is 9.10. The van der Waals surface area contributed by atoms with Gasteiger partial charge in [-0.2, -0.15) is 0 Å². The molecule has 0 aliphatic rings. The molecule has 0 saturated heterocycles. The summed E-state index contributed by atoms with van der Waals surface area (Å²) in [5.41, 5.74) is 8.56. The molecule has 0 aliphatic carbocycles. The summed E-state index contributed by atoms with van der Waals surface area (Å²) in [7, 11) is 0. The molecule has 0 spiro atoms. The first-order chi connectivity index (χ1) is 5.15. The quantitative estimate of drug-likeness (QED) is 0.381. The van der Waals surface area contributed by atoms with Crippen molar-refractivity contribution in [2.45, 2.75) is 0 Å². The highest BCUT2D eigenvalue weighted by atomic mass is 79.9. The Bertz CT molecular complexity index is 277. The van der Waals surface area contributed by atoms with Crippen molar-refractivity contribution >= 4 is 27.3 Å². The van der Waals surface area contributed by atoms with Crippen molar-refractivity contribution < 1.29 is 4.39 Å². The van der Waals surface area contributed by atoms with Crippen LogP contribution in [0.5, 0.6) is 0 Å². The Balaban J connectivity index is 3.24. The maximum atomic E-state index is 12.6. The van der Waals surface area contributed by atoms with E-state index in [0.717, 1.165) is 0 Å². The van der Waals surface area contributed by atoms with Gasteiger partial charge >= 0.3 is 0 Å². The molecule has 11 heavy (non-hydrogen) atoms. The summed E-state index contributed by atoms with van der Waals surface area (Å²) in [6.45, 7) is 0. The van der Waals surface area contributed by atoms with Crippen LogP contribution in [0.1, 0.15) is 0 Å². The molecular formula is C6H7BrFN3. The summed E-state index contributed by atoms with van der Waals surface area (Å²) in [6.07, 6.45) is 0. The number of anilines is 2. The van der Waals surface area contributed by atoms with E-state index in [1.807, 2.05) is 0 Å². The summed E-state index contributed by atoms with van der Waals surface area (Å²) < 4.78 is 13.1. The molecule has 0 radical (unpaired) electrons. The van der Waals surface area contributed by atoms with E-state index in [0.29, 0.717) is 15.8 Å². The van der Waals surface area contributed by atoms with Gasteiger partial charge in [0.05, 0.1) is 11.4 Å². The van der Waals surface area contributed by atoms with Crippen molar-refractivity contribution in [3.8, 4) is 0 Å². The van der Waals surface area contributed by atoms with Crippen molar-refractivity contribution in [3.05, 3.63) is 22.4 Å². The molecule has 3 nitrogen and oxygen atoms in total. The first kappa shape index (κ1) is 8.29. The van der Waals surface area contributed by atoms with Crippen molar-refractivity contribution in [1.29, 1.82) is 0 Å². The molecular weight excluding hydrogens is 213 g/mol. The summed E-state index contributed by atoms with van der Waals surface area (Å²) in [4.78, 5) is 0. The zero-order chi connectivity index (χ0) is 8.43. The van der Waals surface area contributed by atoms with Crippen LogP contribution < -0.4 is 17.0 Å². The molecule has 60 valence electrons. The number of nitrogens with two attached hydrogens (primary N) is 2. The first-order valence-corrected chi connectivity index (χ1v) is 3.65. The average molecular weight is 220 g/mol. The van der Waals surface area contributed by atoms with Crippen molar-refractivity contribution in [2.75, 3.05) is 11.2 Å². The molecule has 0 atom stereocenters. The van der Waals surface area contributed by atoms with Gasteiger partial charge in [0.2, 0.25) is 0 Å². The van der Waals surface area contributed by atoms with Crippen molar-refractivity contribution in [1.82, 2.24) is 0 Å². The molecule has 5 heteroatoms. The van der Waals surface area contributed by atoms with Gasteiger partial charge in [0.25, 0.3) is 0 Å². The van der Waals surface area contributed by atoms with E-state index >= 15 is 0 Å².